The first-order valence-corrected chi connectivity index (χ1v) is 9.08. The zero-order valence-corrected chi connectivity index (χ0v) is 14.9. The summed E-state index contributed by atoms with van der Waals surface area (Å²) in [6.45, 7) is 2.03. The Balaban J connectivity index is 1.76. The number of pyridine rings is 1. The SMILES string of the molecule is Cc1cc(SNC2CCC(O)C2)ccc1-c1ccc(N)c(C(=N)N)n1. The van der Waals surface area contributed by atoms with Crippen molar-refractivity contribution in [3.05, 3.63) is 41.6 Å². The number of rotatable bonds is 5. The van der Waals surface area contributed by atoms with E-state index in [4.69, 9.17) is 16.9 Å². The molecule has 1 heterocycles. The molecule has 0 spiro atoms. The number of nitrogen functional groups attached to an aromatic ring is 2. The minimum absolute atomic E-state index is 0.132. The number of anilines is 1. The molecule has 0 amide bonds. The molecule has 25 heavy (non-hydrogen) atoms. The predicted molar refractivity (Wildman–Crippen MR) is 102 cm³/mol. The molecular formula is C18H23N5OS. The van der Waals surface area contributed by atoms with E-state index >= 15 is 0 Å². The van der Waals surface area contributed by atoms with Gasteiger partial charge in [0.1, 0.15) is 11.5 Å². The Bertz CT molecular complexity index is 795. The molecule has 7 N–H and O–H groups in total. The van der Waals surface area contributed by atoms with Crippen molar-refractivity contribution in [1.29, 1.82) is 5.41 Å². The average molecular weight is 357 g/mol. The number of aliphatic hydroxyl groups excluding tert-OH is 1. The highest BCUT2D eigenvalue weighted by Crippen LogP contribution is 2.29. The maximum absolute atomic E-state index is 9.60. The van der Waals surface area contributed by atoms with Crippen molar-refractivity contribution in [3.8, 4) is 11.3 Å². The molecular weight excluding hydrogens is 334 g/mol. The zero-order valence-electron chi connectivity index (χ0n) is 14.1. The molecule has 1 fully saturated rings. The summed E-state index contributed by atoms with van der Waals surface area (Å²) in [6.07, 6.45) is 2.52. The molecule has 1 aromatic heterocycles. The number of aryl methyl sites for hydroxylation is 1. The number of aliphatic hydroxyl groups is 1. The van der Waals surface area contributed by atoms with Gasteiger partial charge in [-0.05, 0) is 68.0 Å². The van der Waals surface area contributed by atoms with Crippen molar-refractivity contribution in [1.82, 2.24) is 9.71 Å². The van der Waals surface area contributed by atoms with Gasteiger partial charge >= 0.3 is 0 Å². The van der Waals surface area contributed by atoms with Gasteiger partial charge in [0, 0.05) is 16.5 Å². The van der Waals surface area contributed by atoms with E-state index in [0.717, 1.165) is 41.0 Å². The summed E-state index contributed by atoms with van der Waals surface area (Å²) in [6, 6.07) is 10.1. The van der Waals surface area contributed by atoms with Gasteiger partial charge in [-0.15, -0.1) is 0 Å². The smallest absolute Gasteiger partial charge is 0.143 e. The number of nitrogens with zero attached hydrogens (tertiary/aromatic N) is 1. The molecule has 7 heteroatoms. The predicted octanol–water partition coefficient (Wildman–Crippen LogP) is 2.43. The monoisotopic (exact) mass is 357 g/mol. The van der Waals surface area contributed by atoms with Crippen molar-refractivity contribution < 1.29 is 5.11 Å². The van der Waals surface area contributed by atoms with Crippen LogP contribution in [-0.4, -0.2) is 28.1 Å². The molecule has 0 radical (unpaired) electrons. The Morgan fingerprint density at radius 3 is 2.76 bits per heavy atom. The van der Waals surface area contributed by atoms with Crippen LogP contribution >= 0.6 is 11.9 Å². The van der Waals surface area contributed by atoms with E-state index in [2.05, 4.69) is 15.8 Å². The molecule has 1 aliphatic rings. The van der Waals surface area contributed by atoms with Crippen LogP contribution in [-0.2, 0) is 0 Å². The van der Waals surface area contributed by atoms with Gasteiger partial charge in [0.05, 0.1) is 17.5 Å². The second kappa shape index (κ2) is 7.43. The van der Waals surface area contributed by atoms with Crippen molar-refractivity contribution >= 4 is 23.5 Å². The molecule has 0 bridgehead atoms. The number of aromatic nitrogens is 1. The summed E-state index contributed by atoms with van der Waals surface area (Å²) < 4.78 is 3.43. The summed E-state index contributed by atoms with van der Waals surface area (Å²) in [4.78, 5) is 5.54. The number of hydrogen-bond donors (Lipinski definition) is 5. The lowest BCUT2D eigenvalue weighted by atomic mass is 10.0. The molecule has 0 aliphatic heterocycles. The quantitative estimate of drug-likeness (QED) is 0.318. The largest absolute Gasteiger partial charge is 0.397 e. The van der Waals surface area contributed by atoms with E-state index in [9.17, 15) is 5.11 Å². The van der Waals surface area contributed by atoms with E-state index in [1.54, 1.807) is 18.0 Å². The summed E-state index contributed by atoms with van der Waals surface area (Å²) in [5, 5.41) is 17.2. The molecule has 2 aromatic rings. The van der Waals surface area contributed by atoms with Gasteiger partial charge in [-0.25, -0.2) is 4.98 Å². The highest BCUT2D eigenvalue weighted by atomic mass is 32.2. The Hall–Kier alpha value is -2.09. The van der Waals surface area contributed by atoms with Gasteiger partial charge in [-0.2, -0.15) is 0 Å². The summed E-state index contributed by atoms with van der Waals surface area (Å²) in [7, 11) is 0. The van der Waals surface area contributed by atoms with Crippen LogP contribution in [0.1, 0.15) is 30.5 Å². The minimum Gasteiger partial charge on any atom is -0.397 e. The second-order valence-corrected chi connectivity index (χ2v) is 7.32. The molecule has 2 atom stereocenters. The molecule has 1 saturated carbocycles. The van der Waals surface area contributed by atoms with Gasteiger partial charge in [-0.1, -0.05) is 6.07 Å². The summed E-state index contributed by atoms with van der Waals surface area (Å²) in [5.41, 5.74) is 14.9. The van der Waals surface area contributed by atoms with Crippen LogP contribution in [0.3, 0.4) is 0 Å². The van der Waals surface area contributed by atoms with E-state index in [1.165, 1.54) is 0 Å². The third-order valence-corrected chi connectivity index (χ3v) is 5.34. The molecule has 0 saturated heterocycles. The van der Waals surface area contributed by atoms with E-state index in [1.807, 2.05) is 25.1 Å². The van der Waals surface area contributed by atoms with E-state index in [-0.39, 0.29) is 11.9 Å². The van der Waals surface area contributed by atoms with Gasteiger partial charge < -0.3 is 16.6 Å². The maximum atomic E-state index is 9.60. The average Bonchev–Trinajstić information content (AvgIpc) is 2.99. The first kappa shape index (κ1) is 17.7. The third-order valence-electron chi connectivity index (χ3n) is 4.40. The van der Waals surface area contributed by atoms with Crippen LogP contribution < -0.4 is 16.2 Å². The van der Waals surface area contributed by atoms with Gasteiger partial charge in [0.25, 0.3) is 0 Å². The molecule has 1 aromatic carbocycles. The van der Waals surface area contributed by atoms with Crippen molar-refractivity contribution in [2.45, 2.75) is 43.2 Å². The van der Waals surface area contributed by atoms with Gasteiger partial charge in [0.15, 0.2) is 0 Å². The highest BCUT2D eigenvalue weighted by Gasteiger charge is 2.22. The van der Waals surface area contributed by atoms with Crippen molar-refractivity contribution in [2.75, 3.05) is 5.73 Å². The van der Waals surface area contributed by atoms with Crippen LogP contribution in [0.4, 0.5) is 5.69 Å². The number of amidine groups is 1. The molecule has 3 rings (SSSR count). The summed E-state index contributed by atoms with van der Waals surface area (Å²) in [5.74, 6) is -0.132. The number of nitrogens with two attached hydrogens (primary N) is 2. The molecule has 6 nitrogen and oxygen atoms in total. The fraction of sp³-hybridized carbons (Fsp3) is 0.333. The number of benzene rings is 1. The Kier molecular flexibility index (Phi) is 5.27. The van der Waals surface area contributed by atoms with Crippen LogP contribution in [0, 0.1) is 12.3 Å². The van der Waals surface area contributed by atoms with Crippen molar-refractivity contribution in [2.24, 2.45) is 5.73 Å². The second-order valence-electron chi connectivity index (χ2n) is 6.41. The van der Waals surface area contributed by atoms with Crippen LogP contribution in [0.2, 0.25) is 0 Å². The third kappa shape index (κ3) is 4.12. The molecule has 1 aliphatic carbocycles. The number of nitrogens with one attached hydrogen (secondary N) is 2. The van der Waals surface area contributed by atoms with Gasteiger partial charge in [-0.3, -0.25) is 10.1 Å². The fourth-order valence-electron chi connectivity index (χ4n) is 3.04. The van der Waals surface area contributed by atoms with Crippen LogP contribution in [0.5, 0.6) is 0 Å². The topological polar surface area (TPSA) is 121 Å². The summed E-state index contributed by atoms with van der Waals surface area (Å²) >= 11 is 1.59. The standard InChI is InChI=1S/C18H23N5OS/c1-10-8-13(25-23-11-2-3-12(24)9-11)4-5-14(10)16-7-6-15(19)17(22-16)18(20)21/h4-8,11-12,23-24H,2-3,9,19H2,1H3,(H3,20,21). The minimum atomic E-state index is -0.172. The Morgan fingerprint density at radius 2 is 2.12 bits per heavy atom. The fourth-order valence-corrected chi connectivity index (χ4v) is 3.93. The lowest BCUT2D eigenvalue weighted by Gasteiger charge is -2.13. The zero-order chi connectivity index (χ0) is 18.0. The van der Waals surface area contributed by atoms with E-state index < -0.39 is 0 Å². The first-order valence-electron chi connectivity index (χ1n) is 8.26. The van der Waals surface area contributed by atoms with Crippen LogP contribution in [0.25, 0.3) is 11.3 Å². The normalized spacial score (nSPS) is 19.9. The Morgan fingerprint density at radius 1 is 1.32 bits per heavy atom. The lowest BCUT2D eigenvalue weighted by molar-refractivity contribution is 0.181. The number of hydrogen-bond acceptors (Lipinski definition) is 6. The van der Waals surface area contributed by atoms with Crippen LogP contribution in [0.15, 0.2) is 35.2 Å². The van der Waals surface area contributed by atoms with Crippen molar-refractivity contribution in [3.63, 3.8) is 0 Å². The molecule has 132 valence electrons. The van der Waals surface area contributed by atoms with Gasteiger partial charge in [0.2, 0.25) is 0 Å². The maximum Gasteiger partial charge on any atom is 0.143 e. The lowest BCUT2D eigenvalue weighted by Crippen LogP contribution is -2.20. The molecule has 2 unspecified atom stereocenters. The van der Waals surface area contributed by atoms with E-state index in [0.29, 0.717) is 17.4 Å². The highest BCUT2D eigenvalue weighted by molar-refractivity contribution is 7.97. The Labute approximate surface area is 151 Å². The first-order chi connectivity index (χ1) is 11.9.